The van der Waals surface area contributed by atoms with Crippen LogP contribution in [0.15, 0.2) is 53.4 Å². The van der Waals surface area contributed by atoms with Gasteiger partial charge in [-0.25, -0.2) is 18.1 Å². The highest BCUT2D eigenvalue weighted by Gasteiger charge is 2.51. The van der Waals surface area contributed by atoms with E-state index in [9.17, 15) is 21.6 Å². The van der Waals surface area contributed by atoms with E-state index in [1.807, 2.05) is 52.0 Å². The molecule has 2 unspecified atom stereocenters. The van der Waals surface area contributed by atoms with E-state index in [1.165, 1.54) is 13.0 Å². The third kappa shape index (κ3) is 8.12. The third-order valence-electron chi connectivity index (χ3n) is 11.1. The van der Waals surface area contributed by atoms with Crippen LogP contribution in [-0.4, -0.2) is 68.4 Å². The van der Waals surface area contributed by atoms with Crippen LogP contribution in [0.1, 0.15) is 75.5 Å². The minimum atomic E-state index is -4.38. The number of piperidine rings is 1. The first-order valence-electron chi connectivity index (χ1n) is 17.7. The molecule has 8 nitrogen and oxygen atoms in total. The average Bonchev–Trinajstić information content (AvgIpc) is 3.02. The van der Waals surface area contributed by atoms with E-state index in [-0.39, 0.29) is 53.1 Å². The number of alkyl halides is 3. The van der Waals surface area contributed by atoms with Crippen molar-refractivity contribution < 1.29 is 31.1 Å². The summed E-state index contributed by atoms with van der Waals surface area (Å²) >= 11 is 0. The number of fused-ring (bicyclic) bond motifs is 4. The number of sulfonamides is 1. The van der Waals surface area contributed by atoms with Crippen molar-refractivity contribution in [2.45, 2.75) is 89.8 Å². The van der Waals surface area contributed by atoms with E-state index in [0.29, 0.717) is 12.3 Å². The van der Waals surface area contributed by atoms with Crippen molar-refractivity contribution in [1.82, 2.24) is 14.9 Å². The molecule has 3 aromatic rings. The SMILES string of the molecule is Cc1cccc(C)c1-c1cc2nc(n1)NS(=O)(=O)c1cccc(c1)C(C1CC3(CCN(CCOC(C)C)CC3)C1)[C@H](CC(C)C(F)(F)F)CO2. The smallest absolute Gasteiger partial charge is 0.391 e. The lowest BCUT2D eigenvalue weighted by molar-refractivity contribution is -0.176. The van der Waals surface area contributed by atoms with Gasteiger partial charge in [-0.15, -0.1) is 0 Å². The second-order valence-corrected chi connectivity index (χ2v) is 16.7. The number of ether oxygens (including phenoxy) is 2. The number of rotatable bonds is 8. The van der Waals surface area contributed by atoms with Gasteiger partial charge < -0.3 is 14.4 Å². The van der Waals surface area contributed by atoms with Gasteiger partial charge in [-0.05, 0) is 119 Å². The summed E-state index contributed by atoms with van der Waals surface area (Å²) < 4.78 is 84.8. The topological polar surface area (TPSA) is 93.7 Å². The molecule has 3 aliphatic rings. The van der Waals surface area contributed by atoms with E-state index >= 15 is 0 Å². The van der Waals surface area contributed by atoms with E-state index in [4.69, 9.17) is 9.47 Å². The van der Waals surface area contributed by atoms with Gasteiger partial charge in [0.1, 0.15) is 0 Å². The Morgan fingerprint density at radius 1 is 1.02 bits per heavy atom. The van der Waals surface area contributed by atoms with Gasteiger partial charge in [0, 0.05) is 24.1 Å². The molecule has 2 fully saturated rings. The number of aromatic nitrogens is 2. The zero-order chi connectivity index (χ0) is 35.8. The molecule has 6 rings (SSSR count). The van der Waals surface area contributed by atoms with Crippen molar-refractivity contribution >= 4 is 16.0 Å². The highest BCUT2D eigenvalue weighted by atomic mass is 32.2. The molecule has 4 bridgehead atoms. The van der Waals surface area contributed by atoms with Crippen LogP contribution in [0.25, 0.3) is 11.3 Å². The van der Waals surface area contributed by atoms with Crippen LogP contribution >= 0.6 is 0 Å². The van der Waals surface area contributed by atoms with Gasteiger partial charge >= 0.3 is 6.18 Å². The molecule has 1 N–H and O–H groups in total. The molecule has 0 amide bonds. The monoisotopic (exact) mass is 714 g/mol. The fourth-order valence-corrected chi connectivity index (χ4v) is 9.37. The maximum absolute atomic E-state index is 14.2. The number of benzene rings is 2. The number of nitrogens with one attached hydrogen (secondary N) is 1. The number of hydrogen-bond donors (Lipinski definition) is 1. The Kier molecular flexibility index (Phi) is 10.5. The maximum Gasteiger partial charge on any atom is 0.391 e. The van der Waals surface area contributed by atoms with E-state index in [0.717, 1.165) is 67.6 Å². The Bertz CT molecular complexity index is 1750. The summed E-state index contributed by atoms with van der Waals surface area (Å²) in [5, 5.41) is 0. The van der Waals surface area contributed by atoms with Crippen LogP contribution in [0, 0.1) is 37.0 Å². The van der Waals surface area contributed by atoms with Crippen LogP contribution < -0.4 is 9.46 Å². The molecule has 12 heteroatoms. The van der Waals surface area contributed by atoms with Crippen LogP contribution in [-0.2, 0) is 14.8 Å². The summed E-state index contributed by atoms with van der Waals surface area (Å²) in [4.78, 5) is 11.4. The Hall–Kier alpha value is -3.22. The van der Waals surface area contributed by atoms with Gasteiger partial charge in [0.05, 0.1) is 35.8 Å². The normalized spacial score (nSPS) is 22.9. The first-order valence-corrected chi connectivity index (χ1v) is 19.2. The summed E-state index contributed by atoms with van der Waals surface area (Å²) in [5.41, 5.74) is 4.01. The Morgan fingerprint density at radius 3 is 2.36 bits per heavy atom. The molecule has 1 aromatic heterocycles. The van der Waals surface area contributed by atoms with Crippen LogP contribution in [0.4, 0.5) is 19.1 Å². The lowest BCUT2D eigenvalue weighted by Crippen LogP contribution is -2.50. The zero-order valence-electron chi connectivity index (χ0n) is 29.6. The fourth-order valence-electron chi connectivity index (χ4n) is 8.37. The molecule has 0 radical (unpaired) electrons. The lowest BCUT2D eigenvalue weighted by atomic mass is 9.52. The van der Waals surface area contributed by atoms with Crippen molar-refractivity contribution in [2.75, 3.05) is 37.6 Å². The van der Waals surface area contributed by atoms with E-state index < -0.39 is 28.0 Å². The number of likely N-dealkylation sites (tertiary alicyclic amines) is 1. The number of hydrogen-bond acceptors (Lipinski definition) is 7. The molecule has 1 saturated heterocycles. The number of halogens is 3. The first-order chi connectivity index (χ1) is 23.6. The lowest BCUT2D eigenvalue weighted by Gasteiger charge is -2.55. The Morgan fingerprint density at radius 2 is 1.70 bits per heavy atom. The molecular weight excluding hydrogens is 666 g/mol. The van der Waals surface area contributed by atoms with Crippen molar-refractivity contribution in [3.05, 3.63) is 65.2 Å². The summed E-state index contributed by atoms with van der Waals surface area (Å²) in [6.07, 6.45) is -0.515. The third-order valence-corrected chi connectivity index (χ3v) is 12.4. The van der Waals surface area contributed by atoms with Gasteiger partial charge in [-0.1, -0.05) is 37.3 Å². The predicted octanol–water partition coefficient (Wildman–Crippen LogP) is 8.16. The summed E-state index contributed by atoms with van der Waals surface area (Å²) in [5.74, 6) is -2.42. The molecule has 2 aromatic carbocycles. The van der Waals surface area contributed by atoms with Crippen molar-refractivity contribution in [3.8, 4) is 17.1 Å². The fraction of sp³-hybridized carbons (Fsp3) is 0.579. The van der Waals surface area contributed by atoms with E-state index in [1.54, 1.807) is 18.2 Å². The van der Waals surface area contributed by atoms with Crippen molar-refractivity contribution in [1.29, 1.82) is 0 Å². The van der Waals surface area contributed by atoms with Crippen molar-refractivity contribution in [2.24, 2.45) is 23.2 Å². The van der Waals surface area contributed by atoms with Gasteiger partial charge in [0.2, 0.25) is 11.8 Å². The molecule has 3 heterocycles. The molecule has 1 saturated carbocycles. The van der Waals surface area contributed by atoms with Crippen LogP contribution in [0.5, 0.6) is 5.88 Å². The predicted molar refractivity (Wildman–Crippen MR) is 188 cm³/mol. The maximum atomic E-state index is 14.2. The van der Waals surface area contributed by atoms with Gasteiger partial charge in [-0.3, -0.25) is 0 Å². The summed E-state index contributed by atoms with van der Waals surface area (Å²) in [6, 6.07) is 14.1. The molecule has 3 atom stereocenters. The summed E-state index contributed by atoms with van der Waals surface area (Å²) in [6.45, 7) is 12.7. The molecular formula is C38H49F3N4O4S. The molecule has 1 spiro atoms. The Labute approximate surface area is 294 Å². The van der Waals surface area contributed by atoms with Crippen LogP contribution in [0.2, 0.25) is 0 Å². The Balaban J connectivity index is 1.34. The number of nitrogens with zero attached hydrogens (tertiary/aromatic N) is 3. The molecule has 1 aliphatic carbocycles. The minimum absolute atomic E-state index is 0.00214. The van der Waals surface area contributed by atoms with Crippen LogP contribution in [0.3, 0.4) is 0 Å². The number of anilines is 1. The second kappa shape index (κ2) is 14.4. The first kappa shape index (κ1) is 36.6. The second-order valence-electron chi connectivity index (χ2n) is 15.1. The van der Waals surface area contributed by atoms with Gasteiger partial charge in [0.25, 0.3) is 10.0 Å². The highest BCUT2D eigenvalue weighted by Crippen LogP contribution is 2.59. The summed E-state index contributed by atoms with van der Waals surface area (Å²) in [7, 11) is -4.14. The molecule has 50 heavy (non-hydrogen) atoms. The molecule has 2 aliphatic heterocycles. The van der Waals surface area contributed by atoms with Gasteiger partial charge in [0.15, 0.2) is 0 Å². The zero-order valence-corrected chi connectivity index (χ0v) is 30.4. The average molecular weight is 715 g/mol. The van der Waals surface area contributed by atoms with Gasteiger partial charge in [-0.2, -0.15) is 18.2 Å². The molecule has 272 valence electrons. The quantitative estimate of drug-likeness (QED) is 0.252. The van der Waals surface area contributed by atoms with E-state index in [2.05, 4.69) is 19.6 Å². The minimum Gasteiger partial charge on any atom is -0.477 e. The largest absolute Gasteiger partial charge is 0.477 e. The highest BCUT2D eigenvalue weighted by molar-refractivity contribution is 7.92. The number of aryl methyl sites for hydroxylation is 2. The standard InChI is InChI=1S/C38H49F3N4O4S/c1-24(2)48-17-16-45-14-12-37(13-15-45)21-30(22-37)35-28-10-7-11-31(19-28)50(46,47)44-36-42-32(34-25(3)8-6-9-26(34)4)20-33(43-36)49-23-29(35)18-27(5)38(39,40)41/h6-11,19-20,24,27,29-30,35H,12-18,21-23H2,1-5H3,(H,42,43,44)/t27?,29-,35?/m1/s1. The van der Waals surface area contributed by atoms with Crippen molar-refractivity contribution in [3.63, 3.8) is 0 Å².